The van der Waals surface area contributed by atoms with E-state index >= 15 is 0 Å². The number of hydrogen-bond donors (Lipinski definition) is 1. The average Bonchev–Trinajstić information content (AvgIpc) is 2.38. The molecule has 0 aliphatic heterocycles. The highest BCUT2D eigenvalue weighted by Crippen LogP contribution is 2.27. The Balaban J connectivity index is 2.87. The second-order valence-electron chi connectivity index (χ2n) is 6.42. The van der Waals surface area contributed by atoms with E-state index in [0.717, 1.165) is 11.0 Å². The summed E-state index contributed by atoms with van der Waals surface area (Å²) in [6.45, 7) is 10.8. The molecule has 0 radical (unpaired) electrons. The molecule has 1 N–H and O–H groups in total. The SMILES string of the molecule is C=CC(=O)NC(C)C(C)(C)[N+](C)(C)Cc1ccccc1. The standard InChI is InChI=1S/C17H26N2O/c1-7-16(20)18-14(2)17(3,4)19(5,6)13-15-11-9-8-10-12-15/h7-12,14H,1,13H2,2-6H3/p+1. The van der Waals surface area contributed by atoms with Gasteiger partial charge in [0.15, 0.2) is 0 Å². The Labute approximate surface area is 122 Å². The van der Waals surface area contributed by atoms with Gasteiger partial charge in [0.1, 0.15) is 12.1 Å². The van der Waals surface area contributed by atoms with E-state index in [2.05, 4.69) is 64.1 Å². The van der Waals surface area contributed by atoms with Gasteiger partial charge in [-0.05, 0) is 26.8 Å². The molecule has 1 unspecified atom stereocenters. The van der Waals surface area contributed by atoms with Crippen molar-refractivity contribution in [3.8, 4) is 0 Å². The molecular formula is C17H27N2O+. The number of nitrogens with one attached hydrogen (secondary N) is 1. The zero-order valence-electron chi connectivity index (χ0n) is 13.3. The summed E-state index contributed by atoms with van der Waals surface area (Å²) < 4.78 is 0.787. The molecule has 0 aliphatic carbocycles. The fourth-order valence-corrected chi connectivity index (χ4v) is 2.22. The van der Waals surface area contributed by atoms with Crippen LogP contribution in [0, 0.1) is 0 Å². The van der Waals surface area contributed by atoms with E-state index in [4.69, 9.17) is 0 Å². The van der Waals surface area contributed by atoms with Crippen molar-refractivity contribution < 1.29 is 9.28 Å². The number of benzene rings is 1. The van der Waals surface area contributed by atoms with Crippen LogP contribution in [0.1, 0.15) is 26.3 Å². The van der Waals surface area contributed by atoms with Crippen molar-refractivity contribution in [1.29, 1.82) is 0 Å². The predicted molar refractivity (Wildman–Crippen MR) is 84.1 cm³/mol. The monoisotopic (exact) mass is 275 g/mol. The van der Waals surface area contributed by atoms with Crippen LogP contribution in [0.2, 0.25) is 0 Å². The van der Waals surface area contributed by atoms with Gasteiger partial charge < -0.3 is 9.80 Å². The second kappa shape index (κ2) is 6.23. The molecule has 3 heteroatoms. The van der Waals surface area contributed by atoms with E-state index in [0.29, 0.717) is 0 Å². The summed E-state index contributed by atoms with van der Waals surface area (Å²) >= 11 is 0. The smallest absolute Gasteiger partial charge is 0.243 e. The lowest BCUT2D eigenvalue weighted by molar-refractivity contribution is -0.951. The molecule has 20 heavy (non-hydrogen) atoms. The molecule has 1 rings (SSSR count). The minimum absolute atomic E-state index is 0.0479. The minimum atomic E-state index is -0.120. The van der Waals surface area contributed by atoms with Crippen LogP contribution >= 0.6 is 0 Å². The summed E-state index contributed by atoms with van der Waals surface area (Å²) in [4.78, 5) is 11.5. The third kappa shape index (κ3) is 3.70. The number of likely N-dealkylation sites (N-methyl/N-ethyl adjacent to an activating group) is 1. The lowest BCUT2D eigenvalue weighted by Gasteiger charge is -2.48. The van der Waals surface area contributed by atoms with Gasteiger partial charge in [0, 0.05) is 5.56 Å². The predicted octanol–water partition coefficient (Wildman–Crippen LogP) is 2.73. The van der Waals surface area contributed by atoms with Gasteiger partial charge in [-0.2, -0.15) is 0 Å². The number of rotatable bonds is 6. The van der Waals surface area contributed by atoms with E-state index in [-0.39, 0.29) is 17.5 Å². The van der Waals surface area contributed by atoms with Crippen molar-refractivity contribution in [2.24, 2.45) is 0 Å². The molecule has 1 atom stereocenters. The summed E-state index contributed by atoms with van der Waals surface area (Å²) in [5, 5.41) is 2.99. The van der Waals surface area contributed by atoms with E-state index in [1.807, 2.05) is 13.0 Å². The lowest BCUT2D eigenvalue weighted by Crippen LogP contribution is -2.64. The van der Waals surface area contributed by atoms with Gasteiger partial charge in [-0.1, -0.05) is 36.9 Å². The summed E-state index contributed by atoms with van der Waals surface area (Å²) in [6.07, 6.45) is 1.32. The van der Waals surface area contributed by atoms with Gasteiger partial charge in [0.25, 0.3) is 0 Å². The van der Waals surface area contributed by atoms with Crippen molar-refractivity contribution in [1.82, 2.24) is 5.32 Å². The van der Waals surface area contributed by atoms with Gasteiger partial charge in [-0.15, -0.1) is 0 Å². The first-order chi connectivity index (χ1) is 9.20. The Morgan fingerprint density at radius 1 is 1.35 bits per heavy atom. The molecule has 1 aromatic rings. The molecular weight excluding hydrogens is 248 g/mol. The van der Waals surface area contributed by atoms with E-state index in [1.54, 1.807) is 0 Å². The molecule has 3 nitrogen and oxygen atoms in total. The highest BCUT2D eigenvalue weighted by Gasteiger charge is 2.42. The quantitative estimate of drug-likeness (QED) is 0.628. The Morgan fingerprint density at radius 2 is 1.90 bits per heavy atom. The minimum Gasteiger partial charge on any atom is -0.344 e. The fourth-order valence-electron chi connectivity index (χ4n) is 2.22. The van der Waals surface area contributed by atoms with Crippen LogP contribution in [0.4, 0.5) is 0 Å². The van der Waals surface area contributed by atoms with Crippen LogP contribution in [0.15, 0.2) is 43.0 Å². The van der Waals surface area contributed by atoms with Crippen LogP contribution < -0.4 is 5.32 Å². The molecule has 0 saturated heterocycles. The maximum atomic E-state index is 11.5. The number of quaternary nitrogens is 1. The van der Waals surface area contributed by atoms with Crippen LogP contribution in [0.3, 0.4) is 0 Å². The topological polar surface area (TPSA) is 29.1 Å². The van der Waals surface area contributed by atoms with Crippen LogP contribution in [0.5, 0.6) is 0 Å². The summed E-state index contributed by atoms with van der Waals surface area (Å²) in [6, 6.07) is 10.5. The number of hydrogen-bond acceptors (Lipinski definition) is 1. The van der Waals surface area contributed by atoms with Crippen LogP contribution in [0.25, 0.3) is 0 Å². The maximum Gasteiger partial charge on any atom is 0.243 e. The second-order valence-corrected chi connectivity index (χ2v) is 6.42. The Bertz CT molecular complexity index is 463. The van der Waals surface area contributed by atoms with E-state index in [1.165, 1.54) is 11.6 Å². The first kappa shape index (κ1) is 16.4. The number of carbonyl (C=O) groups excluding carboxylic acids is 1. The van der Waals surface area contributed by atoms with Gasteiger partial charge in [-0.3, -0.25) is 4.79 Å². The van der Waals surface area contributed by atoms with Crippen molar-refractivity contribution >= 4 is 5.91 Å². The molecule has 0 fully saturated rings. The van der Waals surface area contributed by atoms with Gasteiger partial charge in [-0.25, -0.2) is 0 Å². The summed E-state index contributed by atoms with van der Waals surface area (Å²) in [5.41, 5.74) is 1.20. The number of amides is 1. The van der Waals surface area contributed by atoms with Crippen LogP contribution in [-0.2, 0) is 11.3 Å². The van der Waals surface area contributed by atoms with Crippen molar-refractivity contribution in [2.75, 3.05) is 14.1 Å². The van der Waals surface area contributed by atoms with Crippen LogP contribution in [-0.4, -0.2) is 36.1 Å². The molecule has 0 spiro atoms. The first-order valence-corrected chi connectivity index (χ1v) is 7.00. The van der Waals surface area contributed by atoms with Crippen molar-refractivity contribution in [3.05, 3.63) is 48.6 Å². The Morgan fingerprint density at radius 3 is 2.40 bits per heavy atom. The molecule has 0 aliphatic rings. The zero-order chi connectivity index (χ0) is 15.4. The highest BCUT2D eigenvalue weighted by molar-refractivity contribution is 5.87. The van der Waals surface area contributed by atoms with E-state index < -0.39 is 0 Å². The third-order valence-corrected chi connectivity index (χ3v) is 4.58. The number of nitrogens with zero attached hydrogens (tertiary/aromatic N) is 1. The van der Waals surface area contributed by atoms with Crippen molar-refractivity contribution in [3.63, 3.8) is 0 Å². The Kier molecular flexibility index (Phi) is 5.12. The molecule has 1 amide bonds. The lowest BCUT2D eigenvalue weighted by atomic mass is 9.90. The zero-order valence-corrected chi connectivity index (χ0v) is 13.3. The van der Waals surface area contributed by atoms with Crippen molar-refractivity contribution in [2.45, 2.75) is 38.9 Å². The molecule has 0 bridgehead atoms. The third-order valence-electron chi connectivity index (χ3n) is 4.58. The normalized spacial score (nSPS) is 13.7. The van der Waals surface area contributed by atoms with Gasteiger partial charge in [0.2, 0.25) is 5.91 Å². The Hall–Kier alpha value is -1.61. The molecule has 110 valence electrons. The molecule has 0 heterocycles. The van der Waals surface area contributed by atoms with Gasteiger partial charge in [0.05, 0.1) is 20.1 Å². The van der Waals surface area contributed by atoms with Gasteiger partial charge >= 0.3 is 0 Å². The van der Waals surface area contributed by atoms with E-state index in [9.17, 15) is 4.79 Å². The average molecular weight is 275 g/mol. The maximum absolute atomic E-state index is 11.5. The first-order valence-electron chi connectivity index (χ1n) is 7.00. The molecule has 1 aromatic carbocycles. The largest absolute Gasteiger partial charge is 0.344 e. The fraction of sp³-hybridized carbons (Fsp3) is 0.471. The molecule has 0 aromatic heterocycles. The summed E-state index contributed by atoms with van der Waals surface area (Å²) in [7, 11) is 4.40. The highest BCUT2D eigenvalue weighted by atomic mass is 16.1. The number of carbonyl (C=O) groups is 1. The molecule has 0 saturated carbocycles. The summed E-state index contributed by atoms with van der Waals surface area (Å²) in [5.74, 6) is -0.120.